The van der Waals surface area contributed by atoms with E-state index in [4.69, 9.17) is 4.42 Å². The van der Waals surface area contributed by atoms with Crippen molar-refractivity contribution < 1.29 is 14.4 Å². The fourth-order valence-corrected chi connectivity index (χ4v) is 3.86. The van der Waals surface area contributed by atoms with Gasteiger partial charge in [-0.25, -0.2) is 4.99 Å². The summed E-state index contributed by atoms with van der Waals surface area (Å²) >= 11 is 2.63. The zero-order valence-electron chi connectivity index (χ0n) is 15.1. The SMILES string of the molecule is O=[N+]([O-])c1cccc(-c2nnc(CSc3nnc(/N=C/c4ccccc4O)s3)o2)c1. The zero-order chi connectivity index (χ0) is 20.9. The number of hydrogen-bond acceptors (Lipinski definition) is 11. The van der Waals surface area contributed by atoms with Crippen molar-refractivity contribution in [2.75, 3.05) is 0 Å². The van der Waals surface area contributed by atoms with Crippen LogP contribution in [-0.2, 0) is 5.75 Å². The second-order valence-corrected chi connectivity index (χ2v) is 7.94. The van der Waals surface area contributed by atoms with E-state index in [1.165, 1.54) is 41.4 Å². The van der Waals surface area contributed by atoms with E-state index in [2.05, 4.69) is 25.4 Å². The topological polar surface area (TPSA) is 140 Å². The third kappa shape index (κ3) is 4.67. The molecule has 0 unspecified atom stereocenters. The number of phenols is 1. The summed E-state index contributed by atoms with van der Waals surface area (Å²) in [7, 11) is 0. The van der Waals surface area contributed by atoms with Gasteiger partial charge in [0.25, 0.3) is 5.69 Å². The molecule has 4 rings (SSSR count). The van der Waals surface area contributed by atoms with Gasteiger partial charge in [0.1, 0.15) is 5.75 Å². The van der Waals surface area contributed by atoms with E-state index in [1.807, 2.05) is 0 Å². The van der Waals surface area contributed by atoms with Crippen LogP contribution in [-0.4, -0.2) is 36.6 Å². The minimum absolute atomic E-state index is 0.0487. The number of thioether (sulfide) groups is 1. The molecule has 0 radical (unpaired) electrons. The lowest BCUT2D eigenvalue weighted by Gasteiger charge is -1.95. The molecule has 4 aromatic rings. The van der Waals surface area contributed by atoms with Gasteiger partial charge in [0, 0.05) is 29.5 Å². The standard InChI is InChI=1S/C18H12N6O4S2/c25-14-7-2-1-4-12(14)9-19-17-22-23-18(30-17)29-10-15-20-21-16(28-15)11-5-3-6-13(8-11)24(26)27/h1-9,25H,10H2/b19-9+. The number of aromatic hydroxyl groups is 1. The Kier molecular flexibility index (Phi) is 5.77. The summed E-state index contributed by atoms with van der Waals surface area (Å²) in [5.41, 5.74) is 1.01. The Morgan fingerprint density at radius 3 is 2.87 bits per heavy atom. The molecule has 0 fully saturated rings. The molecule has 2 aromatic heterocycles. The molecule has 0 aliphatic carbocycles. The summed E-state index contributed by atoms with van der Waals surface area (Å²) in [5.74, 6) is 1.06. The number of hydrogen-bond donors (Lipinski definition) is 1. The number of para-hydroxylation sites is 1. The summed E-state index contributed by atoms with van der Waals surface area (Å²) in [4.78, 5) is 14.6. The average molecular weight is 440 g/mol. The lowest BCUT2D eigenvalue weighted by Crippen LogP contribution is -1.88. The molecule has 0 bridgehead atoms. The van der Waals surface area contributed by atoms with Crippen molar-refractivity contribution in [2.24, 2.45) is 4.99 Å². The van der Waals surface area contributed by atoms with Gasteiger partial charge in [-0.15, -0.1) is 20.4 Å². The van der Waals surface area contributed by atoms with Gasteiger partial charge in [0.05, 0.1) is 10.7 Å². The van der Waals surface area contributed by atoms with E-state index in [0.29, 0.717) is 32.2 Å². The number of aliphatic imine (C=N–C) groups is 1. The van der Waals surface area contributed by atoms with Crippen LogP contribution in [0.3, 0.4) is 0 Å². The fourth-order valence-electron chi connectivity index (χ4n) is 2.34. The van der Waals surface area contributed by atoms with Crippen molar-refractivity contribution in [2.45, 2.75) is 10.1 Å². The Morgan fingerprint density at radius 2 is 2.03 bits per heavy atom. The summed E-state index contributed by atoms with van der Waals surface area (Å²) in [5, 5.41) is 37.0. The van der Waals surface area contributed by atoms with Crippen LogP contribution >= 0.6 is 23.1 Å². The van der Waals surface area contributed by atoms with Crippen LogP contribution in [0.4, 0.5) is 10.8 Å². The molecule has 10 nitrogen and oxygen atoms in total. The monoisotopic (exact) mass is 440 g/mol. The van der Waals surface area contributed by atoms with Crippen LogP contribution in [0.5, 0.6) is 5.75 Å². The number of benzene rings is 2. The van der Waals surface area contributed by atoms with E-state index in [-0.39, 0.29) is 17.3 Å². The highest BCUT2D eigenvalue weighted by atomic mass is 32.2. The van der Waals surface area contributed by atoms with E-state index >= 15 is 0 Å². The summed E-state index contributed by atoms with van der Waals surface area (Å²) in [6, 6.07) is 12.8. The Labute approximate surface area is 177 Å². The minimum Gasteiger partial charge on any atom is -0.507 e. The quantitative estimate of drug-likeness (QED) is 0.193. The van der Waals surface area contributed by atoms with Crippen molar-refractivity contribution in [3.05, 3.63) is 70.1 Å². The molecular weight excluding hydrogens is 428 g/mol. The fraction of sp³-hybridized carbons (Fsp3) is 0.0556. The third-order valence-corrected chi connectivity index (χ3v) is 5.69. The molecule has 0 aliphatic rings. The molecular formula is C18H12N6O4S2. The van der Waals surface area contributed by atoms with Crippen molar-refractivity contribution in [1.82, 2.24) is 20.4 Å². The molecule has 0 spiro atoms. The molecule has 0 atom stereocenters. The first kappa shape index (κ1) is 19.7. The van der Waals surface area contributed by atoms with Gasteiger partial charge in [-0.2, -0.15) is 0 Å². The molecule has 0 aliphatic heterocycles. The van der Waals surface area contributed by atoms with E-state index in [9.17, 15) is 15.2 Å². The number of phenolic OH excluding ortho intramolecular Hbond substituents is 1. The molecule has 0 amide bonds. The third-order valence-electron chi connectivity index (χ3n) is 3.74. The summed E-state index contributed by atoms with van der Waals surface area (Å²) < 4.78 is 6.25. The largest absolute Gasteiger partial charge is 0.507 e. The highest BCUT2D eigenvalue weighted by molar-refractivity contribution is 8.00. The Bertz CT molecular complexity index is 1220. The summed E-state index contributed by atoms with van der Waals surface area (Å²) in [6.45, 7) is 0. The first-order valence-corrected chi connectivity index (χ1v) is 10.2. The van der Waals surface area contributed by atoms with Crippen LogP contribution in [0, 0.1) is 10.1 Å². The molecule has 1 N–H and O–H groups in total. The Morgan fingerprint density at radius 1 is 1.17 bits per heavy atom. The van der Waals surface area contributed by atoms with Gasteiger partial charge >= 0.3 is 0 Å². The average Bonchev–Trinajstić information content (AvgIpc) is 3.41. The summed E-state index contributed by atoms with van der Waals surface area (Å²) in [6.07, 6.45) is 1.52. The predicted molar refractivity (Wildman–Crippen MR) is 111 cm³/mol. The lowest BCUT2D eigenvalue weighted by molar-refractivity contribution is -0.384. The number of rotatable bonds is 7. The smallest absolute Gasteiger partial charge is 0.270 e. The highest BCUT2D eigenvalue weighted by Gasteiger charge is 2.14. The van der Waals surface area contributed by atoms with Crippen molar-refractivity contribution in [3.8, 4) is 17.2 Å². The predicted octanol–water partition coefficient (Wildman–Crippen LogP) is 4.24. The van der Waals surface area contributed by atoms with Crippen LogP contribution in [0.2, 0.25) is 0 Å². The second-order valence-electron chi connectivity index (χ2n) is 5.76. The molecule has 0 saturated heterocycles. The van der Waals surface area contributed by atoms with E-state index < -0.39 is 4.92 Å². The molecule has 12 heteroatoms. The Hall–Kier alpha value is -3.64. The minimum atomic E-state index is -0.481. The molecule has 0 saturated carbocycles. The van der Waals surface area contributed by atoms with Crippen LogP contribution in [0.15, 0.2) is 62.3 Å². The van der Waals surface area contributed by atoms with Gasteiger partial charge in [0.2, 0.25) is 16.9 Å². The number of nitro groups is 1. The van der Waals surface area contributed by atoms with Gasteiger partial charge in [-0.05, 0) is 18.2 Å². The highest BCUT2D eigenvalue weighted by Crippen LogP contribution is 2.30. The number of nitrogens with zero attached hydrogens (tertiary/aromatic N) is 6. The van der Waals surface area contributed by atoms with Gasteiger partial charge in [-0.1, -0.05) is 41.3 Å². The van der Waals surface area contributed by atoms with Crippen molar-refractivity contribution >= 4 is 40.1 Å². The molecule has 150 valence electrons. The van der Waals surface area contributed by atoms with Crippen LogP contribution < -0.4 is 0 Å². The zero-order valence-corrected chi connectivity index (χ0v) is 16.7. The maximum Gasteiger partial charge on any atom is 0.270 e. The maximum absolute atomic E-state index is 10.9. The van der Waals surface area contributed by atoms with Gasteiger partial charge < -0.3 is 9.52 Å². The number of non-ortho nitro benzene ring substituents is 1. The molecule has 30 heavy (non-hydrogen) atoms. The van der Waals surface area contributed by atoms with Crippen LogP contribution in [0.1, 0.15) is 11.5 Å². The molecule has 2 aromatic carbocycles. The normalized spacial score (nSPS) is 11.2. The maximum atomic E-state index is 10.9. The Balaban J connectivity index is 1.39. The van der Waals surface area contributed by atoms with Crippen molar-refractivity contribution in [1.29, 1.82) is 0 Å². The van der Waals surface area contributed by atoms with E-state index in [0.717, 1.165) is 0 Å². The number of nitro benzene ring substituents is 1. The second kappa shape index (κ2) is 8.80. The first-order chi connectivity index (χ1) is 14.6. The van der Waals surface area contributed by atoms with Gasteiger partial charge in [0.15, 0.2) is 4.34 Å². The molecule has 2 heterocycles. The lowest BCUT2D eigenvalue weighted by atomic mass is 10.2. The number of aromatic nitrogens is 4. The van der Waals surface area contributed by atoms with E-state index in [1.54, 1.807) is 36.4 Å². The van der Waals surface area contributed by atoms with Crippen molar-refractivity contribution in [3.63, 3.8) is 0 Å². The van der Waals surface area contributed by atoms with Crippen LogP contribution in [0.25, 0.3) is 11.5 Å². The van der Waals surface area contributed by atoms with Gasteiger partial charge in [-0.3, -0.25) is 10.1 Å². The first-order valence-electron chi connectivity index (χ1n) is 8.44.